The number of fused-ring (bicyclic) bond motifs is 1. The summed E-state index contributed by atoms with van der Waals surface area (Å²) >= 11 is 0. The first-order chi connectivity index (χ1) is 18.0. The van der Waals surface area contributed by atoms with Crippen molar-refractivity contribution in [3.05, 3.63) is 24.0 Å². The van der Waals surface area contributed by atoms with E-state index < -0.39 is 24.3 Å². The van der Waals surface area contributed by atoms with Gasteiger partial charge in [-0.05, 0) is 31.5 Å². The van der Waals surface area contributed by atoms with E-state index in [1.54, 1.807) is 0 Å². The second-order valence-corrected chi connectivity index (χ2v) is 9.55. The number of nitrogens with zero attached hydrogens (tertiary/aromatic N) is 4. The molecule has 0 aromatic carbocycles. The number of carboxylic acids is 2. The number of aliphatic carboxylic acids is 2. The minimum Gasteiger partial charge on any atom is -0.475 e. The average Bonchev–Trinajstić information content (AvgIpc) is 3.45. The fourth-order valence-electron chi connectivity index (χ4n) is 4.53. The van der Waals surface area contributed by atoms with E-state index in [9.17, 15) is 31.1 Å². The van der Waals surface area contributed by atoms with Gasteiger partial charge in [0, 0.05) is 65.0 Å². The van der Waals surface area contributed by atoms with E-state index in [1.807, 2.05) is 34.8 Å². The third-order valence-corrected chi connectivity index (χ3v) is 6.78. The summed E-state index contributed by atoms with van der Waals surface area (Å²) in [5.74, 6) is -4.25. The molecule has 3 fully saturated rings. The lowest BCUT2D eigenvalue weighted by atomic mass is 9.84. The Morgan fingerprint density at radius 1 is 0.949 bits per heavy atom. The van der Waals surface area contributed by atoms with E-state index in [0.29, 0.717) is 11.8 Å². The fraction of sp³-hybridized carbons (Fsp3) is 0.696. The standard InChI is InChI=1S/C19H30N4O2.2C2HF3O2/c1-20-8-10-22(11-9-20)13-18-16-12-23(7-5-15(16)14-25-18)19(24)17-4-3-6-21(17)2;2*3-2(4,5)1(6)7/h3-4,6,15-16,18H,5,7-14H2,1-2H3;2*(H,6,7)/t15-,16-,18+;;/m0../s1. The van der Waals surface area contributed by atoms with Crippen molar-refractivity contribution in [3.63, 3.8) is 0 Å². The van der Waals surface area contributed by atoms with Crippen LogP contribution in [0.3, 0.4) is 0 Å². The van der Waals surface area contributed by atoms with Crippen LogP contribution in [-0.4, -0.2) is 125 Å². The summed E-state index contributed by atoms with van der Waals surface area (Å²) < 4.78 is 71.6. The molecule has 2 N–H and O–H groups in total. The lowest BCUT2D eigenvalue weighted by molar-refractivity contribution is -0.193. The molecule has 16 heteroatoms. The molecule has 39 heavy (non-hydrogen) atoms. The number of aryl methyl sites for hydroxylation is 1. The molecular formula is C23H32F6N4O6. The number of ether oxygens (including phenoxy) is 1. The first-order valence-corrected chi connectivity index (χ1v) is 12.0. The van der Waals surface area contributed by atoms with Crippen LogP contribution in [0.15, 0.2) is 18.3 Å². The van der Waals surface area contributed by atoms with Crippen LogP contribution in [0.2, 0.25) is 0 Å². The number of hydrogen-bond donors (Lipinski definition) is 2. The van der Waals surface area contributed by atoms with Crippen molar-refractivity contribution >= 4 is 17.8 Å². The van der Waals surface area contributed by atoms with Crippen LogP contribution in [0, 0.1) is 11.8 Å². The van der Waals surface area contributed by atoms with Crippen molar-refractivity contribution in [2.75, 3.05) is 59.5 Å². The predicted molar refractivity (Wildman–Crippen MR) is 124 cm³/mol. The minimum atomic E-state index is -5.08. The summed E-state index contributed by atoms with van der Waals surface area (Å²) in [6, 6.07) is 3.86. The maximum atomic E-state index is 12.9. The molecule has 0 unspecified atom stereocenters. The Morgan fingerprint density at radius 2 is 1.49 bits per heavy atom. The highest BCUT2D eigenvalue weighted by Crippen LogP contribution is 2.35. The van der Waals surface area contributed by atoms with Crippen molar-refractivity contribution in [2.24, 2.45) is 18.9 Å². The molecule has 0 radical (unpaired) electrons. The molecule has 1 aromatic heterocycles. The molecule has 1 aromatic rings. The van der Waals surface area contributed by atoms with E-state index in [2.05, 4.69) is 16.8 Å². The number of hydrogen-bond acceptors (Lipinski definition) is 6. The van der Waals surface area contributed by atoms with Gasteiger partial charge in [0.15, 0.2) is 0 Å². The molecule has 3 aliphatic rings. The van der Waals surface area contributed by atoms with Gasteiger partial charge in [0.05, 0.1) is 12.7 Å². The van der Waals surface area contributed by atoms with Crippen molar-refractivity contribution in [2.45, 2.75) is 24.9 Å². The number of rotatable bonds is 3. The molecule has 0 aliphatic carbocycles. The molecule has 3 atom stereocenters. The number of alkyl halides is 6. The molecule has 1 amide bonds. The molecule has 10 nitrogen and oxygen atoms in total. The van der Waals surface area contributed by atoms with Crippen LogP contribution < -0.4 is 0 Å². The third-order valence-electron chi connectivity index (χ3n) is 6.78. The van der Waals surface area contributed by atoms with E-state index >= 15 is 0 Å². The van der Waals surface area contributed by atoms with Gasteiger partial charge < -0.3 is 29.3 Å². The van der Waals surface area contributed by atoms with Crippen LogP contribution in [0.1, 0.15) is 16.9 Å². The highest BCUT2D eigenvalue weighted by molar-refractivity contribution is 5.92. The fourth-order valence-corrected chi connectivity index (χ4v) is 4.53. The van der Waals surface area contributed by atoms with Gasteiger partial charge >= 0.3 is 24.3 Å². The summed E-state index contributed by atoms with van der Waals surface area (Å²) in [5, 5.41) is 14.2. The summed E-state index contributed by atoms with van der Waals surface area (Å²) in [7, 11) is 4.13. The second-order valence-electron chi connectivity index (χ2n) is 9.55. The van der Waals surface area contributed by atoms with Gasteiger partial charge in [-0.25, -0.2) is 9.59 Å². The Bertz CT molecular complexity index is 953. The van der Waals surface area contributed by atoms with Crippen molar-refractivity contribution < 1.29 is 55.7 Å². The maximum absolute atomic E-state index is 12.9. The molecule has 3 aliphatic heterocycles. The minimum absolute atomic E-state index is 0.163. The predicted octanol–water partition coefficient (Wildman–Crippen LogP) is 2.02. The Kier molecular flexibility index (Phi) is 11.2. The summed E-state index contributed by atoms with van der Waals surface area (Å²) in [4.78, 5) is 37.6. The maximum Gasteiger partial charge on any atom is 0.490 e. The lowest BCUT2D eigenvalue weighted by Gasteiger charge is -2.38. The number of carboxylic acid groups (broad SMARTS) is 2. The number of piperazine rings is 1. The molecule has 0 bridgehead atoms. The van der Waals surface area contributed by atoms with E-state index in [0.717, 1.165) is 64.5 Å². The van der Waals surface area contributed by atoms with E-state index in [1.165, 1.54) is 0 Å². The zero-order valence-electron chi connectivity index (χ0n) is 21.4. The number of carbonyl (C=O) groups excluding carboxylic acids is 1. The molecule has 4 heterocycles. The number of halogens is 6. The second kappa shape index (κ2) is 13.5. The number of carbonyl (C=O) groups is 3. The van der Waals surface area contributed by atoms with Crippen molar-refractivity contribution in [3.8, 4) is 0 Å². The molecular weight excluding hydrogens is 542 g/mol. The van der Waals surface area contributed by atoms with Crippen LogP contribution >= 0.6 is 0 Å². The van der Waals surface area contributed by atoms with Gasteiger partial charge in [-0.3, -0.25) is 9.69 Å². The van der Waals surface area contributed by atoms with Gasteiger partial charge in [0.1, 0.15) is 5.69 Å². The van der Waals surface area contributed by atoms with Crippen molar-refractivity contribution in [1.29, 1.82) is 0 Å². The Labute approximate surface area is 220 Å². The number of piperidine rings is 1. The highest BCUT2D eigenvalue weighted by atomic mass is 19.4. The third kappa shape index (κ3) is 9.69. The molecule has 0 saturated carbocycles. The molecule has 3 saturated heterocycles. The Balaban J connectivity index is 0.000000317. The topological polar surface area (TPSA) is 116 Å². The van der Waals surface area contributed by atoms with Gasteiger partial charge in [0.2, 0.25) is 0 Å². The number of likely N-dealkylation sites (N-methyl/N-ethyl adjacent to an activating group) is 1. The Hall–Kier alpha value is -2.85. The first-order valence-electron chi connectivity index (χ1n) is 12.0. The normalized spacial score (nSPS) is 24.1. The smallest absolute Gasteiger partial charge is 0.475 e. The van der Waals surface area contributed by atoms with E-state index in [-0.39, 0.29) is 12.0 Å². The molecule has 0 spiro atoms. The zero-order valence-corrected chi connectivity index (χ0v) is 21.4. The number of amides is 1. The van der Waals surface area contributed by atoms with Crippen LogP contribution in [0.4, 0.5) is 26.3 Å². The average molecular weight is 575 g/mol. The van der Waals surface area contributed by atoms with Gasteiger partial charge in [-0.1, -0.05) is 0 Å². The molecule has 4 rings (SSSR count). The van der Waals surface area contributed by atoms with Gasteiger partial charge in [-0.15, -0.1) is 0 Å². The summed E-state index contributed by atoms with van der Waals surface area (Å²) in [5.41, 5.74) is 0.785. The van der Waals surface area contributed by atoms with Gasteiger partial charge in [0.25, 0.3) is 5.91 Å². The SMILES string of the molecule is CN1CCN(C[C@H]2OC[C@@H]3CCN(C(=O)c4cccn4C)C[C@@H]32)CC1.O=C(O)C(F)(F)F.O=C(O)C(F)(F)F. The number of aromatic nitrogens is 1. The van der Waals surface area contributed by atoms with Gasteiger partial charge in [-0.2, -0.15) is 26.3 Å². The largest absolute Gasteiger partial charge is 0.490 e. The summed E-state index contributed by atoms with van der Waals surface area (Å²) in [6.45, 7) is 8.11. The quantitative estimate of drug-likeness (QED) is 0.527. The number of likely N-dealkylation sites (tertiary alicyclic amines) is 1. The van der Waals surface area contributed by atoms with E-state index in [4.69, 9.17) is 24.5 Å². The van der Waals surface area contributed by atoms with Crippen LogP contribution in [0.25, 0.3) is 0 Å². The first kappa shape index (κ1) is 32.4. The molecule has 222 valence electrons. The Morgan fingerprint density at radius 3 is 1.95 bits per heavy atom. The van der Waals surface area contributed by atoms with Crippen LogP contribution in [-0.2, 0) is 21.4 Å². The highest BCUT2D eigenvalue weighted by Gasteiger charge is 2.43. The monoisotopic (exact) mass is 574 g/mol. The lowest BCUT2D eigenvalue weighted by Crippen LogP contribution is -2.50. The summed E-state index contributed by atoms with van der Waals surface area (Å²) in [6.07, 6.45) is -6.88. The van der Waals surface area contributed by atoms with Crippen LogP contribution in [0.5, 0.6) is 0 Å². The zero-order chi connectivity index (χ0) is 29.5. The van der Waals surface area contributed by atoms with Crippen molar-refractivity contribution in [1.82, 2.24) is 19.3 Å².